The first kappa shape index (κ1) is 22.2. The van der Waals surface area contributed by atoms with Gasteiger partial charge < -0.3 is 35.2 Å². The Labute approximate surface area is 196 Å². The van der Waals surface area contributed by atoms with Crippen LogP contribution in [-0.2, 0) is 18.9 Å². The van der Waals surface area contributed by atoms with Gasteiger partial charge in [-0.1, -0.05) is 26.3 Å². The normalized spacial score (nSPS) is 53.6. The predicted octanol–water partition coefficient (Wildman–Crippen LogP) is 3.33. The smallest absolute Gasteiger partial charge is 0.171 e. The zero-order chi connectivity index (χ0) is 23.2. The molecule has 3 saturated carbocycles. The lowest BCUT2D eigenvalue weighted by Gasteiger charge is -2.64. The van der Waals surface area contributed by atoms with Gasteiger partial charge in [0, 0.05) is 17.3 Å². The van der Waals surface area contributed by atoms with E-state index in [0.717, 1.165) is 37.0 Å². The van der Waals surface area contributed by atoms with E-state index in [-0.39, 0.29) is 42.5 Å². The highest BCUT2D eigenvalue weighted by atomic mass is 16.8. The number of fused-ring (bicyclic) bond motifs is 8. The second-order valence-corrected chi connectivity index (χ2v) is 11.9. The van der Waals surface area contributed by atoms with Gasteiger partial charge in [-0.2, -0.15) is 0 Å². The Hall–Kier alpha value is -1.25. The topological polar surface area (TPSA) is 107 Å². The van der Waals surface area contributed by atoms with Crippen molar-refractivity contribution in [1.82, 2.24) is 0 Å². The molecule has 0 radical (unpaired) electrons. The molecule has 33 heavy (non-hydrogen) atoms. The highest BCUT2D eigenvalue weighted by molar-refractivity contribution is 5.79. The molecule has 6 rings (SSSR count). The molecule has 7 heteroatoms. The fourth-order valence-corrected chi connectivity index (χ4v) is 9.48. The zero-order valence-electron chi connectivity index (χ0n) is 20.0. The molecule has 2 heterocycles. The van der Waals surface area contributed by atoms with E-state index in [1.807, 2.05) is 0 Å². The van der Waals surface area contributed by atoms with Crippen molar-refractivity contribution in [2.75, 3.05) is 20.2 Å². The van der Waals surface area contributed by atoms with Gasteiger partial charge in [0.2, 0.25) is 0 Å². The number of nitrogens with two attached hydrogens (primary N) is 1. The minimum atomic E-state index is -0.436. The van der Waals surface area contributed by atoms with Crippen molar-refractivity contribution in [2.24, 2.45) is 46.2 Å². The Bertz CT molecular complexity index is 916. The van der Waals surface area contributed by atoms with E-state index >= 15 is 0 Å². The van der Waals surface area contributed by atoms with Gasteiger partial charge in [-0.05, 0) is 72.8 Å². The summed E-state index contributed by atoms with van der Waals surface area (Å²) in [7, 11) is 0. The van der Waals surface area contributed by atoms with Crippen molar-refractivity contribution in [2.45, 2.75) is 70.9 Å². The third-order valence-corrected chi connectivity index (χ3v) is 10.7. The van der Waals surface area contributed by atoms with E-state index in [1.165, 1.54) is 11.8 Å². The number of hydrogen-bond donors (Lipinski definition) is 3. The van der Waals surface area contributed by atoms with Crippen molar-refractivity contribution in [3.8, 4) is 0 Å². The van der Waals surface area contributed by atoms with Crippen molar-refractivity contribution in [3.05, 3.63) is 22.9 Å². The van der Waals surface area contributed by atoms with Gasteiger partial charge in [0.15, 0.2) is 13.1 Å². The maximum Gasteiger partial charge on any atom is 0.171 e. The van der Waals surface area contributed by atoms with Crippen molar-refractivity contribution in [3.63, 3.8) is 0 Å². The molecule has 6 aliphatic rings. The second-order valence-electron chi connectivity index (χ2n) is 11.9. The Morgan fingerprint density at radius 3 is 2.79 bits per heavy atom. The summed E-state index contributed by atoms with van der Waals surface area (Å²) in [6.45, 7) is 8.05. The standard InChI is InChI=1S/C26H38N2O5/c1-14-6-16-17-4-5-26(19-11-30-12-31-23(19)32-13-33-26)25(17,3)9-21(29)22(16)24(2)8-15(10-27)20(28)7-18(14)24/h7,10,14,16-17,19,21-23,27,29H,4-6,8-9,11-13,28H2,1-3H3. The number of aliphatic hydroxyl groups excluding tert-OH is 1. The van der Waals surface area contributed by atoms with E-state index in [9.17, 15) is 5.11 Å². The van der Waals surface area contributed by atoms with Crippen molar-refractivity contribution >= 4 is 6.21 Å². The van der Waals surface area contributed by atoms with Crippen LogP contribution < -0.4 is 5.73 Å². The molecule has 0 amide bonds. The predicted molar refractivity (Wildman–Crippen MR) is 122 cm³/mol. The number of nitrogens with one attached hydrogen (secondary N) is 1. The molecule has 4 aliphatic carbocycles. The molecule has 0 aromatic heterocycles. The van der Waals surface area contributed by atoms with Crippen molar-refractivity contribution < 1.29 is 24.1 Å². The summed E-state index contributed by atoms with van der Waals surface area (Å²) >= 11 is 0. The highest BCUT2D eigenvalue weighted by Crippen LogP contribution is 2.71. The fraction of sp³-hybridized carbons (Fsp3) is 0.808. The van der Waals surface area contributed by atoms with Gasteiger partial charge in [0.25, 0.3) is 0 Å². The van der Waals surface area contributed by atoms with Crippen LogP contribution in [0.5, 0.6) is 0 Å². The summed E-state index contributed by atoms with van der Waals surface area (Å²) < 4.78 is 23.9. The van der Waals surface area contributed by atoms with Crippen LogP contribution in [0.1, 0.15) is 52.9 Å². The average molecular weight is 459 g/mol. The molecular weight excluding hydrogens is 420 g/mol. The van der Waals surface area contributed by atoms with E-state index < -0.39 is 11.7 Å². The van der Waals surface area contributed by atoms with Crippen LogP contribution in [0.4, 0.5) is 0 Å². The molecule has 1 spiro atoms. The van der Waals surface area contributed by atoms with Crippen LogP contribution in [-0.4, -0.2) is 49.5 Å². The molecule has 4 N–H and O–H groups in total. The Balaban J connectivity index is 1.40. The van der Waals surface area contributed by atoms with E-state index in [0.29, 0.717) is 30.8 Å². The number of allylic oxidation sites excluding steroid dienone is 3. The summed E-state index contributed by atoms with van der Waals surface area (Å²) in [5.74, 6) is 1.44. The van der Waals surface area contributed by atoms with Gasteiger partial charge in [-0.25, -0.2) is 0 Å². The number of hydrogen-bond acceptors (Lipinski definition) is 7. The molecular formula is C26H38N2O5. The molecule has 182 valence electrons. The van der Waals surface area contributed by atoms with Gasteiger partial charge in [0.05, 0.1) is 24.2 Å². The van der Waals surface area contributed by atoms with E-state index in [1.54, 1.807) is 0 Å². The molecule has 0 aromatic carbocycles. The summed E-state index contributed by atoms with van der Waals surface area (Å²) in [6.07, 6.45) is 7.34. The van der Waals surface area contributed by atoms with Crippen LogP contribution >= 0.6 is 0 Å². The highest BCUT2D eigenvalue weighted by Gasteiger charge is 2.71. The summed E-state index contributed by atoms with van der Waals surface area (Å²) in [6, 6.07) is 0. The van der Waals surface area contributed by atoms with Gasteiger partial charge >= 0.3 is 0 Å². The minimum absolute atomic E-state index is 0.0211. The first-order valence-corrected chi connectivity index (χ1v) is 12.6. The van der Waals surface area contributed by atoms with E-state index in [4.69, 9.17) is 30.1 Å². The summed E-state index contributed by atoms with van der Waals surface area (Å²) in [5, 5.41) is 19.8. The first-order chi connectivity index (χ1) is 15.7. The molecule has 0 aromatic rings. The lowest BCUT2D eigenvalue weighted by molar-refractivity contribution is -0.387. The van der Waals surface area contributed by atoms with Crippen LogP contribution in [0.15, 0.2) is 22.9 Å². The number of aliphatic hydroxyl groups is 1. The maximum absolute atomic E-state index is 11.9. The van der Waals surface area contributed by atoms with Gasteiger partial charge in [-0.3, -0.25) is 0 Å². The second kappa shape index (κ2) is 7.37. The third-order valence-electron chi connectivity index (χ3n) is 10.7. The van der Waals surface area contributed by atoms with Gasteiger partial charge in [-0.15, -0.1) is 0 Å². The Kier molecular flexibility index (Phi) is 4.97. The van der Waals surface area contributed by atoms with Crippen LogP contribution in [0.3, 0.4) is 0 Å². The molecule has 5 fully saturated rings. The fourth-order valence-electron chi connectivity index (χ4n) is 9.48. The van der Waals surface area contributed by atoms with E-state index in [2.05, 4.69) is 26.8 Å². The minimum Gasteiger partial charge on any atom is -0.398 e. The zero-order valence-corrected chi connectivity index (χ0v) is 20.0. The number of ether oxygens (including phenoxy) is 4. The largest absolute Gasteiger partial charge is 0.398 e. The lowest BCUT2D eigenvalue weighted by atomic mass is 9.43. The average Bonchev–Trinajstić information content (AvgIpc) is 3.07. The monoisotopic (exact) mass is 458 g/mol. The van der Waals surface area contributed by atoms with Gasteiger partial charge in [0.1, 0.15) is 6.79 Å². The third kappa shape index (κ3) is 2.77. The first-order valence-electron chi connectivity index (χ1n) is 12.6. The SMILES string of the molecule is CC1CC2C(C(O)CC3(C)C2CCC32OCOC3OCOCC32)C2(C)CC(C=N)=C(N)C=C12. The summed E-state index contributed by atoms with van der Waals surface area (Å²) in [4.78, 5) is 0. The quantitative estimate of drug-likeness (QED) is 0.521. The molecule has 0 bridgehead atoms. The molecule has 10 atom stereocenters. The lowest BCUT2D eigenvalue weighted by Crippen LogP contribution is -2.67. The van der Waals surface area contributed by atoms with Crippen molar-refractivity contribution in [1.29, 1.82) is 5.41 Å². The van der Waals surface area contributed by atoms with Crippen LogP contribution in [0.2, 0.25) is 0 Å². The number of rotatable bonds is 1. The summed E-state index contributed by atoms with van der Waals surface area (Å²) in [5.41, 5.74) is 8.55. The Morgan fingerprint density at radius 2 is 2.00 bits per heavy atom. The molecule has 2 aliphatic heterocycles. The van der Waals surface area contributed by atoms with Crippen LogP contribution in [0.25, 0.3) is 0 Å². The molecule has 10 unspecified atom stereocenters. The molecule has 7 nitrogen and oxygen atoms in total. The Morgan fingerprint density at radius 1 is 1.21 bits per heavy atom. The van der Waals surface area contributed by atoms with Crippen LogP contribution in [0, 0.1) is 45.8 Å². The molecule has 2 saturated heterocycles. The maximum atomic E-state index is 11.9.